The Kier molecular flexibility index (Phi) is 3.62. The van der Waals surface area contributed by atoms with E-state index in [0.717, 1.165) is 43.5 Å². The average Bonchev–Trinajstić information content (AvgIpc) is 3.18. The van der Waals surface area contributed by atoms with Gasteiger partial charge in [-0.05, 0) is 31.7 Å². The molecule has 2 fully saturated rings. The zero-order valence-electron chi connectivity index (χ0n) is 12.9. The van der Waals surface area contributed by atoms with Crippen molar-refractivity contribution in [3.63, 3.8) is 0 Å². The van der Waals surface area contributed by atoms with Gasteiger partial charge in [0, 0.05) is 32.2 Å². The fraction of sp³-hybridized carbons (Fsp3) is 0.625. The van der Waals surface area contributed by atoms with Crippen LogP contribution in [0.2, 0.25) is 0 Å². The molecule has 2 aromatic rings. The first-order chi connectivity index (χ1) is 10.8. The molecule has 0 spiro atoms. The maximum atomic E-state index is 5.53. The second kappa shape index (κ2) is 5.76. The van der Waals surface area contributed by atoms with Gasteiger partial charge in [-0.25, -0.2) is 0 Å². The maximum Gasteiger partial charge on any atom is 0.227 e. The van der Waals surface area contributed by atoms with Crippen LogP contribution in [-0.2, 0) is 11.3 Å². The molecule has 2 aliphatic rings. The van der Waals surface area contributed by atoms with E-state index in [1.807, 2.05) is 6.07 Å². The molecule has 118 valence electrons. The Balaban J connectivity index is 1.67. The quantitative estimate of drug-likeness (QED) is 0.849. The van der Waals surface area contributed by atoms with Gasteiger partial charge in [0.2, 0.25) is 5.95 Å². The van der Waals surface area contributed by atoms with Gasteiger partial charge in [-0.3, -0.25) is 4.57 Å². The lowest BCUT2D eigenvalue weighted by molar-refractivity contribution is 0.182. The predicted octanol–water partition coefficient (Wildman–Crippen LogP) is 2.56. The van der Waals surface area contributed by atoms with Gasteiger partial charge in [0.15, 0.2) is 5.82 Å². The molecule has 1 unspecified atom stereocenters. The summed E-state index contributed by atoms with van der Waals surface area (Å²) in [5.41, 5.74) is 0.986. The van der Waals surface area contributed by atoms with E-state index in [1.165, 1.54) is 19.3 Å². The Morgan fingerprint density at radius 2 is 2.23 bits per heavy atom. The minimum atomic E-state index is 0.537. The van der Waals surface area contributed by atoms with Gasteiger partial charge < -0.3 is 14.1 Å². The molecule has 3 heterocycles. The number of ether oxygens (including phenoxy) is 1. The summed E-state index contributed by atoms with van der Waals surface area (Å²) in [5.74, 6) is 2.39. The summed E-state index contributed by atoms with van der Waals surface area (Å²) in [6.45, 7) is 2.59. The Hall–Kier alpha value is -1.82. The van der Waals surface area contributed by atoms with Crippen molar-refractivity contribution in [2.45, 2.75) is 38.3 Å². The molecule has 1 aliphatic carbocycles. The topological polar surface area (TPSA) is 56.3 Å². The van der Waals surface area contributed by atoms with E-state index >= 15 is 0 Å². The van der Waals surface area contributed by atoms with Crippen molar-refractivity contribution in [2.24, 2.45) is 5.92 Å². The second-order valence-corrected chi connectivity index (χ2v) is 6.37. The molecule has 0 radical (unpaired) electrons. The standard InChI is InChI=1S/C16H22N4O2/c1-19(14-3-2-4-14)16-18-17-15(13-6-8-22-11-13)20(16)9-12-5-7-21-10-12/h6,8,11-12,14H,2-5,7,9-10H2,1H3. The summed E-state index contributed by atoms with van der Waals surface area (Å²) in [5, 5.41) is 8.91. The lowest BCUT2D eigenvalue weighted by Crippen LogP contribution is -2.39. The van der Waals surface area contributed by atoms with Crippen LogP contribution in [0.15, 0.2) is 23.0 Å². The molecule has 1 atom stereocenters. The van der Waals surface area contributed by atoms with Crippen LogP contribution in [0, 0.1) is 5.92 Å². The van der Waals surface area contributed by atoms with Crippen LogP contribution in [0.3, 0.4) is 0 Å². The minimum absolute atomic E-state index is 0.537. The summed E-state index contributed by atoms with van der Waals surface area (Å²) < 4.78 is 13.0. The van der Waals surface area contributed by atoms with Gasteiger partial charge in [-0.2, -0.15) is 0 Å². The number of nitrogens with zero attached hydrogens (tertiary/aromatic N) is 4. The Bertz CT molecular complexity index is 612. The first kappa shape index (κ1) is 13.8. The number of aromatic nitrogens is 3. The fourth-order valence-electron chi connectivity index (χ4n) is 3.25. The third-order valence-electron chi connectivity index (χ3n) is 4.91. The van der Waals surface area contributed by atoms with Crippen LogP contribution < -0.4 is 4.90 Å². The van der Waals surface area contributed by atoms with E-state index in [-0.39, 0.29) is 0 Å². The molecule has 22 heavy (non-hydrogen) atoms. The molecular formula is C16H22N4O2. The van der Waals surface area contributed by atoms with Crippen LogP contribution >= 0.6 is 0 Å². The predicted molar refractivity (Wildman–Crippen MR) is 82.7 cm³/mol. The van der Waals surface area contributed by atoms with Crippen molar-refractivity contribution >= 4 is 5.95 Å². The van der Waals surface area contributed by atoms with Gasteiger partial charge in [-0.15, -0.1) is 10.2 Å². The van der Waals surface area contributed by atoms with Crippen molar-refractivity contribution in [3.05, 3.63) is 18.6 Å². The molecule has 0 N–H and O–H groups in total. The maximum absolute atomic E-state index is 5.53. The van der Waals surface area contributed by atoms with Gasteiger partial charge in [0.25, 0.3) is 0 Å². The van der Waals surface area contributed by atoms with E-state index < -0.39 is 0 Å². The van der Waals surface area contributed by atoms with Crippen LogP contribution in [0.25, 0.3) is 11.4 Å². The highest BCUT2D eigenvalue weighted by atomic mass is 16.5. The summed E-state index contributed by atoms with van der Waals surface area (Å²) >= 11 is 0. The molecule has 4 rings (SSSR count). The second-order valence-electron chi connectivity index (χ2n) is 6.37. The van der Waals surface area contributed by atoms with Crippen molar-refractivity contribution in [1.82, 2.24) is 14.8 Å². The van der Waals surface area contributed by atoms with E-state index in [0.29, 0.717) is 12.0 Å². The van der Waals surface area contributed by atoms with Crippen LogP contribution in [0.5, 0.6) is 0 Å². The Morgan fingerprint density at radius 1 is 1.32 bits per heavy atom. The lowest BCUT2D eigenvalue weighted by Gasteiger charge is -2.35. The van der Waals surface area contributed by atoms with Crippen LogP contribution in [0.4, 0.5) is 5.95 Å². The third-order valence-corrected chi connectivity index (χ3v) is 4.91. The molecule has 1 saturated heterocycles. The summed E-state index contributed by atoms with van der Waals surface area (Å²) in [7, 11) is 2.13. The largest absolute Gasteiger partial charge is 0.472 e. The lowest BCUT2D eigenvalue weighted by atomic mass is 9.92. The van der Waals surface area contributed by atoms with Crippen molar-refractivity contribution in [1.29, 1.82) is 0 Å². The number of hydrogen-bond donors (Lipinski definition) is 0. The number of rotatable bonds is 5. The summed E-state index contributed by atoms with van der Waals surface area (Å²) in [6.07, 6.45) is 8.33. The highest BCUT2D eigenvalue weighted by molar-refractivity contribution is 5.56. The summed E-state index contributed by atoms with van der Waals surface area (Å²) in [4.78, 5) is 2.29. The van der Waals surface area contributed by atoms with Gasteiger partial charge >= 0.3 is 0 Å². The number of anilines is 1. The SMILES string of the molecule is CN(c1nnc(-c2ccoc2)n1CC1CCOC1)C1CCC1. The molecule has 1 aliphatic heterocycles. The van der Waals surface area contributed by atoms with Crippen molar-refractivity contribution in [2.75, 3.05) is 25.2 Å². The fourth-order valence-corrected chi connectivity index (χ4v) is 3.25. The van der Waals surface area contributed by atoms with Crippen molar-refractivity contribution < 1.29 is 9.15 Å². The normalized spacial score (nSPS) is 22.0. The van der Waals surface area contributed by atoms with Gasteiger partial charge in [0.1, 0.15) is 6.26 Å². The molecule has 6 heteroatoms. The third kappa shape index (κ3) is 2.41. The van der Waals surface area contributed by atoms with E-state index in [2.05, 4.69) is 26.7 Å². The number of furan rings is 1. The van der Waals surface area contributed by atoms with Crippen LogP contribution in [0.1, 0.15) is 25.7 Å². The van der Waals surface area contributed by atoms with Crippen molar-refractivity contribution in [3.8, 4) is 11.4 Å². The van der Waals surface area contributed by atoms with E-state index in [9.17, 15) is 0 Å². The molecule has 2 aromatic heterocycles. The first-order valence-corrected chi connectivity index (χ1v) is 8.09. The zero-order chi connectivity index (χ0) is 14.9. The van der Waals surface area contributed by atoms with Gasteiger partial charge in [0.05, 0.1) is 18.4 Å². The molecular weight excluding hydrogens is 280 g/mol. The Labute approximate surface area is 130 Å². The highest BCUT2D eigenvalue weighted by Gasteiger charge is 2.28. The summed E-state index contributed by atoms with van der Waals surface area (Å²) in [6, 6.07) is 2.54. The molecule has 1 saturated carbocycles. The van der Waals surface area contributed by atoms with E-state index in [4.69, 9.17) is 9.15 Å². The average molecular weight is 302 g/mol. The molecule has 0 amide bonds. The molecule has 6 nitrogen and oxygen atoms in total. The smallest absolute Gasteiger partial charge is 0.227 e. The minimum Gasteiger partial charge on any atom is -0.472 e. The first-order valence-electron chi connectivity index (χ1n) is 8.09. The Morgan fingerprint density at radius 3 is 2.86 bits per heavy atom. The van der Waals surface area contributed by atoms with Crippen LogP contribution in [-0.4, -0.2) is 41.1 Å². The zero-order valence-corrected chi connectivity index (χ0v) is 12.9. The molecule has 0 bridgehead atoms. The van der Waals surface area contributed by atoms with Gasteiger partial charge in [-0.1, -0.05) is 0 Å². The van der Waals surface area contributed by atoms with E-state index in [1.54, 1.807) is 12.5 Å². The highest BCUT2D eigenvalue weighted by Crippen LogP contribution is 2.31. The monoisotopic (exact) mass is 302 g/mol. The molecule has 0 aromatic carbocycles. The number of hydrogen-bond acceptors (Lipinski definition) is 5.